The van der Waals surface area contributed by atoms with Crippen molar-refractivity contribution in [3.63, 3.8) is 0 Å². The van der Waals surface area contributed by atoms with E-state index in [1.165, 1.54) is 18.4 Å². The van der Waals surface area contributed by atoms with Gasteiger partial charge in [0.15, 0.2) is 5.13 Å². The molecule has 0 aliphatic rings. The number of ether oxygens (including phenoxy) is 1. The fourth-order valence-corrected chi connectivity index (χ4v) is 2.51. The first-order valence-corrected chi connectivity index (χ1v) is 6.46. The summed E-state index contributed by atoms with van der Waals surface area (Å²) in [6, 6.07) is 9.93. The van der Waals surface area contributed by atoms with Gasteiger partial charge in [0, 0.05) is 10.4 Å². The number of amides is 1. The maximum absolute atomic E-state index is 11.2. The monoisotopic (exact) mass is 262 g/mol. The molecule has 0 atom stereocenters. The zero-order valence-electron chi connectivity index (χ0n) is 10.3. The molecule has 0 aliphatic carbocycles. The second-order valence-corrected chi connectivity index (χ2v) is 4.71. The van der Waals surface area contributed by atoms with E-state index in [-0.39, 0.29) is 0 Å². The largest absolute Gasteiger partial charge is 0.453 e. The van der Waals surface area contributed by atoms with Gasteiger partial charge in [0.2, 0.25) is 0 Å². The number of carbonyl (C=O) groups is 1. The molecule has 1 N–H and O–H groups in total. The van der Waals surface area contributed by atoms with Gasteiger partial charge in [-0.05, 0) is 6.42 Å². The standard InChI is InChI=1S/C13H14N2O2S/c1-3-10-11(9-7-5-4-6-8-9)14-12(18-10)15-13(16)17-2/h4-8H,3H2,1-2H3,(H,14,15,16). The number of aromatic nitrogens is 1. The highest BCUT2D eigenvalue weighted by Gasteiger charge is 2.13. The van der Waals surface area contributed by atoms with E-state index < -0.39 is 6.09 Å². The molecule has 0 spiro atoms. The van der Waals surface area contributed by atoms with Gasteiger partial charge in [-0.15, -0.1) is 11.3 Å². The van der Waals surface area contributed by atoms with Crippen molar-refractivity contribution < 1.29 is 9.53 Å². The Bertz CT molecular complexity index is 537. The average molecular weight is 262 g/mol. The molecule has 0 unspecified atom stereocenters. The fourth-order valence-electron chi connectivity index (χ4n) is 1.60. The summed E-state index contributed by atoms with van der Waals surface area (Å²) in [6.07, 6.45) is 0.385. The lowest BCUT2D eigenvalue weighted by atomic mass is 10.1. The Balaban J connectivity index is 2.33. The second kappa shape index (κ2) is 5.64. The predicted octanol–water partition coefficient (Wildman–Crippen LogP) is 3.55. The molecule has 0 saturated carbocycles. The van der Waals surface area contributed by atoms with Crippen LogP contribution in [0.3, 0.4) is 0 Å². The van der Waals surface area contributed by atoms with Gasteiger partial charge in [-0.1, -0.05) is 37.3 Å². The number of benzene rings is 1. The van der Waals surface area contributed by atoms with E-state index in [0.29, 0.717) is 5.13 Å². The number of nitrogens with zero attached hydrogens (tertiary/aromatic N) is 1. The Morgan fingerprint density at radius 2 is 2.11 bits per heavy atom. The number of thiazole rings is 1. The summed E-state index contributed by atoms with van der Waals surface area (Å²) in [5, 5.41) is 3.17. The maximum Gasteiger partial charge on any atom is 0.413 e. The number of carbonyl (C=O) groups excluding carboxylic acids is 1. The number of aryl methyl sites for hydroxylation is 1. The van der Waals surface area contributed by atoms with Crippen molar-refractivity contribution in [1.29, 1.82) is 0 Å². The molecule has 0 aliphatic heterocycles. The van der Waals surface area contributed by atoms with Crippen LogP contribution in [0, 0.1) is 0 Å². The van der Waals surface area contributed by atoms with E-state index in [4.69, 9.17) is 0 Å². The molecular formula is C13H14N2O2S. The molecule has 4 nitrogen and oxygen atoms in total. The molecule has 0 fully saturated rings. The molecule has 5 heteroatoms. The minimum atomic E-state index is -0.494. The van der Waals surface area contributed by atoms with Gasteiger partial charge in [0.05, 0.1) is 12.8 Å². The molecular weight excluding hydrogens is 248 g/mol. The van der Waals surface area contributed by atoms with Crippen LogP contribution in [0.15, 0.2) is 30.3 Å². The first-order chi connectivity index (χ1) is 8.74. The molecule has 0 bridgehead atoms. The summed E-state index contributed by atoms with van der Waals surface area (Å²) in [4.78, 5) is 16.8. The highest BCUT2D eigenvalue weighted by molar-refractivity contribution is 7.16. The quantitative estimate of drug-likeness (QED) is 0.920. The fraction of sp³-hybridized carbons (Fsp3) is 0.231. The number of nitrogens with one attached hydrogen (secondary N) is 1. The SMILES string of the molecule is CCc1sc(NC(=O)OC)nc1-c1ccccc1. The van der Waals surface area contributed by atoms with E-state index in [1.807, 2.05) is 30.3 Å². The first-order valence-electron chi connectivity index (χ1n) is 5.64. The van der Waals surface area contributed by atoms with Gasteiger partial charge in [-0.3, -0.25) is 5.32 Å². The first kappa shape index (κ1) is 12.6. The lowest BCUT2D eigenvalue weighted by molar-refractivity contribution is 0.187. The Morgan fingerprint density at radius 3 is 2.72 bits per heavy atom. The van der Waals surface area contributed by atoms with Crippen LogP contribution in [0.5, 0.6) is 0 Å². The highest BCUT2D eigenvalue weighted by Crippen LogP contribution is 2.31. The van der Waals surface area contributed by atoms with Gasteiger partial charge in [-0.25, -0.2) is 9.78 Å². The van der Waals surface area contributed by atoms with E-state index in [1.54, 1.807) is 0 Å². The number of hydrogen-bond acceptors (Lipinski definition) is 4. The van der Waals surface area contributed by atoms with Crippen molar-refractivity contribution in [2.24, 2.45) is 0 Å². The Hall–Kier alpha value is -1.88. The third-order valence-electron chi connectivity index (χ3n) is 2.46. The van der Waals surface area contributed by atoms with E-state index in [2.05, 4.69) is 22.0 Å². The average Bonchev–Trinajstić information content (AvgIpc) is 2.82. The molecule has 18 heavy (non-hydrogen) atoms. The van der Waals surface area contributed by atoms with Gasteiger partial charge in [-0.2, -0.15) is 0 Å². The van der Waals surface area contributed by atoms with Crippen molar-refractivity contribution in [1.82, 2.24) is 4.98 Å². The van der Waals surface area contributed by atoms with Crippen LogP contribution in [-0.2, 0) is 11.2 Å². The zero-order valence-corrected chi connectivity index (χ0v) is 11.1. The van der Waals surface area contributed by atoms with Crippen molar-refractivity contribution in [3.8, 4) is 11.3 Å². The number of hydrogen-bond donors (Lipinski definition) is 1. The second-order valence-electron chi connectivity index (χ2n) is 3.63. The number of rotatable bonds is 3. The van der Waals surface area contributed by atoms with Gasteiger partial charge >= 0.3 is 6.09 Å². The molecule has 1 amide bonds. The third-order valence-corrected chi connectivity index (χ3v) is 3.58. The minimum absolute atomic E-state index is 0.494. The zero-order chi connectivity index (χ0) is 13.0. The van der Waals surface area contributed by atoms with Gasteiger partial charge in [0.25, 0.3) is 0 Å². The smallest absolute Gasteiger partial charge is 0.413 e. The molecule has 0 saturated heterocycles. The van der Waals surface area contributed by atoms with Crippen molar-refractivity contribution in [2.75, 3.05) is 12.4 Å². The molecule has 0 radical (unpaired) electrons. The Labute approximate surface area is 110 Å². The summed E-state index contributed by atoms with van der Waals surface area (Å²) >= 11 is 1.47. The summed E-state index contributed by atoms with van der Waals surface area (Å²) in [7, 11) is 1.34. The van der Waals surface area contributed by atoms with E-state index in [9.17, 15) is 4.79 Å². The van der Waals surface area contributed by atoms with Crippen molar-refractivity contribution in [3.05, 3.63) is 35.2 Å². The van der Waals surface area contributed by atoms with E-state index in [0.717, 1.165) is 22.6 Å². The Morgan fingerprint density at radius 1 is 1.39 bits per heavy atom. The predicted molar refractivity (Wildman–Crippen MR) is 73.0 cm³/mol. The van der Waals surface area contributed by atoms with Crippen LogP contribution >= 0.6 is 11.3 Å². The van der Waals surface area contributed by atoms with Crippen molar-refractivity contribution >= 4 is 22.6 Å². The third kappa shape index (κ3) is 2.68. The van der Waals surface area contributed by atoms with Gasteiger partial charge < -0.3 is 4.74 Å². The van der Waals surface area contributed by atoms with Crippen LogP contribution in [0.4, 0.5) is 9.93 Å². The molecule has 1 aromatic heterocycles. The molecule has 94 valence electrons. The molecule has 2 aromatic rings. The van der Waals surface area contributed by atoms with Crippen LogP contribution in [0.1, 0.15) is 11.8 Å². The molecule has 1 heterocycles. The van der Waals surface area contributed by atoms with Gasteiger partial charge in [0.1, 0.15) is 0 Å². The molecule has 2 rings (SSSR count). The number of methoxy groups -OCH3 is 1. The Kier molecular flexibility index (Phi) is 3.94. The molecule has 1 aromatic carbocycles. The summed E-state index contributed by atoms with van der Waals surface area (Å²) in [5.41, 5.74) is 1.98. The summed E-state index contributed by atoms with van der Waals surface area (Å²) in [6.45, 7) is 2.07. The number of anilines is 1. The van der Waals surface area contributed by atoms with Crippen LogP contribution < -0.4 is 5.32 Å². The van der Waals surface area contributed by atoms with Crippen LogP contribution in [0.2, 0.25) is 0 Å². The summed E-state index contributed by atoms with van der Waals surface area (Å²) in [5.74, 6) is 0. The highest BCUT2D eigenvalue weighted by atomic mass is 32.1. The van der Waals surface area contributed by atoms with Crippen LogP contribution in [-0.4, -0.2) is 18.2 Å². The lowest BCUT2D eigenvalue weighted by Crippen LogP contribution is -2.10. The lowest BCUT2D eigenvalue weighted by Gasteiger charge is -1.99. The topological polar surface area (TPSA) is 51.2 Å². The van der Waals surface area contributed by atoms with Crippen LogP contribution in [0.25, 0.3) is 11.3 Å². The minimum Gasteiger partial charge on any atom is -0.453 e. The van der Waals surface area contributed by atoms with Crippen molar-refractivity contribution in [2.45, 2.75) is 13.3 Å². The maximum atomic E-state index is 11.2. The summed E-state index contributed by atoms with van der Waals surface area (Å²) < 4.78 is 4.56. The normalized spacial score (nSPS) is 10.1. The van der Waals surface area contributed by atoms with E-state index >= 15 is 0 Å².